The summed E-state index contributed by atoms with van der Waals surface area (Å²) in [5.41, 5.74) is 2.73. The summed E-state index contributed by atoms with van der Waals surface area (Å²) in [6.07, 6.45) is 3.77. The van der Waals surface area contributed by atoms with Crippen LogP contribution in [0.15, 0.2) is 30.5 Å². The van der Waals surface area contributed by atoms with E-state index in [0.717, 1.165) is 29.7 Å². The lowest BCUT2D eigenvalue weighted by Crippen LogP contribution is -2.43. The van der Waals surface area contributed by atoms with Crippen LogP contribution in [0.3, 0.4) is 0 Å². The summed E-state index contributed by atoms with van der Waals surface area (Å²) in [5.74, 6) is -0.723. The number of carbonyl (C=O) groups is 2. The monoisotopic (exact) mass is 357 g/mol. The molecule has 0 spiro atoms. The number of ketones is 1. The SMILES string of the molecule is CC(C)CC(=O)C(=O)N1CCCC(c2[nH]ncc2-c2ccc(F)cc2)C1. The van der Waals surface area contributed by atoms with Crippen LogP contribution < -0.4 is 0 Å². The van der Waals surface area contributed by atoms with Crippen molar-refractivity contribution in [3.8, 4) is 11.1 Å². The molecule has 2 aromatic rings. The van der Waals surface area contributed by atoms with Gasteiger partial charge < -0.3 is 4.90 Å². The smallest absolute Gasteiger partial charge is 0.289 e. The second-order valence-corrected chi connectivity index (χ2v) is 7.32. The number of likely N-dealkylation sites (tertiary alicyclic amines) is 1. The molecule has 1 aromatic heterocycles. The Labute approximate surface area is 152 Å². The number of rotatable bonds is 5. The number of amides is 1. The van der Waals surface area contributed by atoms with Crippen LogP contribution in [0.25, 0.3) is 11.1 Å². The first-order valence-corrected chi connectivity index (χ1v) is 9.07. The minimum Gasteiger partial charge on any atom is -0.335 e. The van der Waals surface area contributed by atoms with E-state index in [1.54, 1.807) is 23.2 Å². The first kappa shape index (κ1) is 18.3. The molecule has 2 heterocycles. The van der Waals surface area contributed by atoms with Crippen molar-refractivity contribution in [3.05, 3.63) is 42.0 Å². The average molecular weight is 357 g/mol. The number of hydrogen-bond donors (Lipinski definition) is 1. The predicted molar refractivity (Wildman–Crippen MR) is 97.0 cm³/mol. The number of H-pyrrole nitrogens is 1. The number of nitrogens with zero attached hydrogens (tertiary/aromatic N) is 2. The Morgan fingerprint density at radius 3 is 2.73 bits per heavy atom. The molecule has 6 heteroatoms. The Kier molecular flexibility index (Phi) is 5.49. The van der Waals surface area contributed by atoms with Crippen molar-refractivity contribution in [2.75, 3.05) is 13.1 Å². The molecule has 3 rings (SSSR count). The maximum Gasteiger partial charge on any atom is 0.289 e. The van der Waals surface area contributed by atoms with Gasteiger partial charge in [-0.1, -0.05) is 26.0 Å². The van der Waals surface area contributed by atoms with Crippen LogP contribution in [0.1, 0.15) is 44.7 Å². The molecule has 1 N–H and O–H groups in total. The molecule has 0 radical (unpaired) electrons. The van der Waals surface area contributed by atoms with Gasteiger partial charge in [0.2, 0.25) is 5.78 Å². The number of hydrogen-bond acceptors (Lipinski definition) is 3. The van der Waals surface area contributed by atoms with Crippen molar-refractivity contribution in [2.24, 2.45) is 5.92 Å². The van der Waals surface area contributed by atoms with Crippen molar-refractivity contribution in [3.63, 3.8) is 0 Å². The Hall–Kier alpha value is -2.50. The van der Waals surface area contributed by atoms with Gasteiger partial charge in [-0.15, -0.1) is 0 Å². The minimum atomic E-state index is -0.383. The summed E-state index contributed by atoms with van der Waals surface area (Å²) in [7, 11) is 0. The Morgan fingerprint density at radius 1 is 1.31 bits per heavy atom. The summed E-state index contributed by atoms with van der Waals surface area (Å²) in [6, 6.07) is 6.30. The zero-order valence-electron chi connectivity index (χ0n) is 15.2. The second kappa shape index (κ2) is 7.81. The molecule has 1 aliphatic rings. The van der Waals surface area contributed by atoms with E-state index in [1.807, 2.05) is 13.8 Å². The predicted octanol–water partition coefficient (Wildman–Crippen LogP) is 3.54. The van der Waals surface area contributed by atoms with Gasteiger partial charge in [0.1, 0.15) is 5.82 Å². The van der Waals surface area contributed by atoms with E-state index in [0.29, 0.717) is 13.1 Å². The minimum absolute atomic E-state index is 0.0853. The number of halogens is 1. The number of Topliss-reactive ketones (excluding diaryl/α,β-unsaturated/α-hetero) is 1. The molecule has 0 bridgehead atoms. The summed E-state index contributed by atoms with van der Waals surface area (Å²) in [6.45, 7) is 4.98. The van der Waals surface area contributed by atoms with E-state index in [4.69, 9.17) is 0 Å². The largest absolute Gasteiger partial charge is 0.335 e. The van der Waals surface area contributed by atoms with Crippen LogP contribution in [-0.4, -0.2) is 39.9 Å². The van der Waals surface area contributed by atoms with Crippen LogP contribution in [0.4, 0.5) is 4.39 Å². The average Bonchev–Trinajstić information content (AvgIpc) is 3.11. The third-order valence-electron chi connectivity index (χ3n) is 4.77. The van der Waals surface area contributed by atoms with Gasteiger partial charge in [-0.05, 0) is 36.5 Å². The highest BCUT2D eigenvalue weighted by Gasteiger charge is 2.30. The van der Waals surface area contributed by atoms with Crippen LogP contribution in [0, 0.1) is 11.7 Å². The molecule has 1 unspecified atom stereocenters. The fourth-order valence-electron chi connectivity index (χ4n) is 3.50. The first-order chi connectivity index (χ1) is 12.5. The van der Waals surface area contributed by atoms with Crippen molar-refractivity contribution >= 4 is 11.7 Å². The number of aromatic nitrogens is 2. The second-order valence-electron chi connectivity index (χ2n) is 7.32. The Bertz CT molecular complexity index is 783. The van der Waals surface area contributed by atoms with Crippen LogP contribution >= 0.6 is 0 Å². The zero-order chi connectivity index (χ0) is 18.7. The maximum atomic E-state index is 13.2. The van der Waals surface area contributed by atoms with Gasteiger partial charge >= 0.3 is 0 Å². The molecule has 138 valence electrons. The van der Waals surface area contributed by atoms with Gasteiger partial charge in [0, 0.05) is 36.7 Å². The van der Waals surface area contributed by atoms with Crippen molar-refractivity contribution < 1.29 is 14.0 Å². The molecule has 1 aromatic carbocycles. The molecule has 1 atom stereocenters. The van der Waals surface area contributed by atoms with Crippen molar-refractivity contribution in [2.45, 2.75) is 39.0 Å². The fraction of sp³-hybridized carbons (Fsp3) is 0.450. The van der Waals surface area contributed by atoms with E-state index in [9.17, 15) is 14.0 Å². The van der Waals surface area contributed by atoms with Crippen LogP contribution in [0.2, 0.25) is 0 Å². The molecule has 26 heavy (non-hydrogen) atoms. The zero-order valence-corrected chi connectivity index (χ0v) is 15.2. The highest BCUT2D eigenvalue weighted by Crippen LogP contribution is 2.33. The lowest BCUT2D eigenvalue weighted by Gasteiger charge is -2.32. The molecule has 5 nitrogen and oxygen atoms in total. The maximum absolute atomic E-state index is 13.2. The molecule has 1 aliphatic heterocycles. The van der Waals surface area contributed by atoms with Gasteiger partial charge in [-0.2, -0.15) is 5.10 Å². The molecule has 1 fully saturated rings. The van der Waals surface area contributed by atoms with E-state index in [1.165, 1.54) is 12.1 Å². The number of benzene rings is 1. The van der Waals surface area contributed by atoms with E-state index in [2.05, 4.69) is 10.2 Å². The Balaban J connectivity index is 1.76. The quantitative estimate of drug-likeness (QED) is 0.833. The van der Waals surface area contributed by atoms with E-state index in [-0.39, 0.29) is 35.8 Å². The standard InChI is InChI=1S/C20H24FN3O2/c1-13(2)10-18(25)20(26)24-9-3-4-15(12-24)19-17(11-22-23-19)14-5-7-16(21)8-6-14/h5-8,11,13,15H,3-4,9-10,12H2,1-2H3,(H,22,23). The van der Waals surface area contributed by atoms with Crippen LogP contribution in [-0.2, 0) is 9.59 Å². The molecule has 1 amide bonds. The number of nitrogens with one attached hydrogen (secondary N) is 1. The van der Waals surface area contributed by atoms with Gasteiger partial charge in [0.05, 0.1) is 6.20 Å². The Morgan fingerprint density at radius 2 is 2.04 bits per heavy atom. The molecular weight excluding hydrogens is 333 g/mol. The molecule has 1 saturated heterocycles. The molecule has 0 saturated carbocycles. The summed E-state index contributed by atoms with van der Waals surface area (Å²) >= 11 is 0. The van der Waals surface area contributed by atoms with Gasteiger partial charge in [-0.25, -0.2) is 4.39 Å². The summed E-state index contributed by atoms with van der Waals surface area (Å²) < 4.78 is 13.2. The first-order valence-electron chi connectivity index (χ1n) is 9.07. The highest BCUT2D eigenvalue weighted by molar-refractivity contribution is 6.36. The number of piperidine rings is 1. The lowest BCUT2D eigenvalue weighted by atomic mass is 9.90. The van der Waals surface area contributed by atoms with Gasteiger partial charge in [0.25, 0.3) is 5.91 Å². The third-order valence-corrected chi connectivity index (χ3v) is 4.77. The third kappa shape index (κ3) is 4.00. The van der Waals surface area contributed by atoms with Gasteiger partial charge in [-0.3, -0.25) is 14.7 Å². The normalized spacial score (nSPS) is 17.5. The topological polar surface area (TPSA) is 66.1 Å². The highest BCUT2D eigenvalue weighted by atomic mass is 19.1. The molecule has 0 aliphatic carbocycles. The summed E-state index contributed by atoms with van der Waals surface area (Å²) in [4.78, 5) is 26.2. The number of carbonyl (C=O) groups excluding carboxylic acids is 2. The van der Waals surface area contributed by atoms with Crippen molar-refractivity contribution in [1.29, 1.82) is 0 Å². The summed E-state index contributed by atoms with van der Waals surface area (Å²) in [5, 5.41) is 7.19. The van der Waals surface area contributed by atoms with E-state index >= 15 is 0 Å². The van der Waals surface area contributed by atoms with E-state index < -0.39 is 0 Å². The fourth-order valence-corrected chi connectivity index (χ4v) is 3.50. The van der Waals surface area contributed by atoms with Crippen LogP contribution in [0.5, 0.6) is 0 Å². The molecular formula is C20H24FN3O2. The number of aromatic amines is 1. The van der Waals surface area contributed by atoms with Gasteiger partial charge in [0.15, 0.2) is 0 Å². The lowest BCUT2D eigenvalue weighted by molar-refractivity contribution is -0.145. The van der Waals surface area contributed by atoms with Crippen molar-refractivity contribution in [1.82, 2.24) is 15.1 Å².